The summed E-state index contributed by atoms with van der Waals surface area (Å²) < 4.78 is 5.45. The molecule has 1 aliphatic heterocycles. The molecule has 0 atom stereocenters. The number of carbonyl (C=O) groups excluding carboxylic acids is 1. The van der Waals surface area contributed by atoms with Gasteiger partial charge in [0, 0.05) is 30.4 Å². The van der Waals surface area contributed by atoms with Gasteiger partial charge in [0.1, 0.15) is 5.75 Å². The minimum Gasteiger partial charge on any atom is -0.494 e. The third-order valence-corrected chi connectivity index (χ3v) is 3.61. The predicted molar refractivity (Wildman–Crippen MR) is 82.0 cm³/mol. The van der Waals surface area contributed by atoms with Crippen LogP contribution in [0.1, 0.15) is 28.4 Å². The molecule has 4 heteroatoms. The minimum absolute atomic E-state index is 0.0144. The molecule has 0 fully saturated rings. The number of rotatable bonds is 3. The normalized spacial score (nSPS) is 13.1. The van der Waals surface area contributed by atoms with Crippen LogP contribution >= 0.6 is 0 Å². The van der Waals surface area contributed by atoms with Crippen molar-refractivity contribution in [1.82, 2.24) is 4.90 Å². The first-order valence-electron chi connectivity index (χ1n) is 7.07. The summed E-state index contributed by atoms with van der Waals surface area (Å²) >= 11 is 0. The Labute approximate surface area is 124 Å². The Balaban J connectivity index is 1.84. The van der Waals surface area contributed by atoms with Gasteiger partial charge in [-0.15, -0.1) is 0 Å². The highest BCUT2D eigenvalue weighted by Gasteiger charge is 2.24. The molecule has 0 spiro atoms. The van der Waals surface area contributed by atoms with E-state index in [2.05, 4.69) is 12.1 Å². The first-order chi connectivity index (χ1) is 10.2. The highest BCUT2D eigenvalue weighted by atomic mass is 16.5. The Morgan fingerprint density at radius 1 is 1.19 bits per heavy atom. The van der Waals surface area contributed by atoms with Gasteiger partial charge in [-0.05, 0) is 30.2 Å². The fraction of sp³-hybridized carbons (Fsp3) is 0.235. The molecule has 0 bridgehead atoms. The summed E-state index contributed by atoms with van der Waals surface area (Å²) in [6, 6.07) is 13.3. The van der Waals surface area contributed by atoms with Crippen molar-refractivity contribution < 1.29 is 9.53 Å². The smallest absolute Gasteiger partial charge is 0.254 e. The molecule has 1 aliphatic rings. The van der Waals surface area contributed by atoms with Gasteiger partial charge in [0.15, 0.2) is 0 Å². The zero-order valence-electron chi connectivity index (χ0n) is 12.0. The number of nitrogens with zero attached hydrogens (tertiary/aromatic N) is 1. The molecule has 0 saturated carbocycles. The molecular formula is C17H18N2O2. The molecule has 2 N–H and O–H groups in total. The van der Waals surface area contributed by atoms with Crippen molar-refractivity contribution in [2.75, 3.05) is 12.3 Å². The van der Waals surface area contributed by atoms with E-state index >= 15 is 0 Å². The second-order valence-corrected chi connectivity index (χ2v) is 5.15. The average molecular weight is 282 g/mol. The summed E-state index contributed by atoms with van der Waals surface area (Å²) in [4.78, 5) is 14.5. The van der Waals surface area contributed by atoms with Gasteiger partial charge in [0.25, 0.3) is 5.91 Å². The summed E-state index contributed by atoms with van der Waals surface area (Å²) in [6.07, 6.45) is 0. The maximum Gasteiger partial charge on any atom is 0.254 e. The number of amides is 1. The van der Waals surface area contributed by atoms with Crippen molar-refractivity contribution in [2.24, 2.45) is 0 Å². The van der Waals surface area contributed by atoms with Gasteiger partial charge in [-0.3, -0.25) is 4.79 Å². The monoisotopic (exact) mass is 282 g/mol. The lowest BCUT2D eigenvalue weighted by atomic mass is 10.1. The Bertz CT molecular complexity index is 657. The van der Waals surface area contributed by atoms with E-state index in [1.165, 1.54) is 11.1 Å². The SMILES string of the molecule is CCOc1cc(N)cc(C(=O)N2Cc3ccccc3C2)c1. The fourth-order valence-corrected chi connectivity index (χ4v) is 2.65. The lowest BCUT2D eigenvalue weighted by Gasteiger charge is -2.16. The van der Waals surface area contributed by atoms with Gasteiger partial charge in [0.05, 0.1) is 6.61 Å². The fourth-order valence-electron chi connectivity index (χ4n) is 2.65. The summed E-state index contributed by atoms with van der Waals surface area (Å²) in [5.74, 6) is 0.622. The van der Waals surface area contributed by atoms with Crippen LogP contribution in [0, 0.1) is 0 Å². The largest absolute Gasteiger partial charge is 0.494 e. The van der Waals surface area contributed by atoms with Crippen LogP contribution in [0.2, 0.25) is 0 Å². The van der Waals surface area contributed by atoms with Crippen LogP contribution in [-0.2, 0) is 13.1 Å². The number of anilines is 1. The van der Waals surface area contributed by atoms with Gasteiger partial charge in [-0.25, -0.2) is 0 Å². The molecule has 1 amide bonds. The molecule has 2 aromatic rings. The van der Waals surface area contributed by atoms with Gasteiger partial charge in [0.2, 0.25) is 0 Å². The van der Waals surface area contributed by atoms with E-state index in [0.717, 1.165) is 0 Å². The average Bonchev–Trinajstić information content (AvgIpc) is 2.90. The van der Waals surface area contributed by atoms with E-state index in [1.54, 1.807) is 18.2 Å². The highest BCUT2D eigenvalue weighted by Crippen LogP contribution is 2.26. The maximum absolute atomic E-state index is 12.6. The van der Waals surface area contributed by atoms with Gasteiger partial charge < -0.3 is 15.4 Å². The zero-order valence-corrected chi connectivity index (χ0v) is 12.0. The molecule has 0 radical (unpaired) electrons. The number of ether oxygens (including phenoxy) is 1. The van der Waals surface area contributed by atoms with E-state index in [0.29, 0.717) is 36.7 Å². The van der Waals surface area contributed by atoms with Crippen LogP contribution in [0.5, 0.6) is 5.75 Å². The molecule has 0 aliphatic carbocycles. The minimum atomic E-state index is -0.0144. The van der Waals surface area contributed by atoms with Crippen molar-refractivity contribution >= 4 is 11.6 Å². The van der Waals surface area contributed by atoms with Crippen molar-refractivity contribution in [1.29, 1.82) is 0 Å². The topological polar surface area (TPSA) is 55.6 Å². The third kappa shape index (κ3) is 2.70. The second kappa shape index (κ2) is 5.48. The molecule has 0 saturated heterocycles. The number of fused-ring (bicyclic) bond motifs is 1. The third-order valence-electron chi connectivity index (χ3n) is 3.61. The van der Waals surface area contributed by atoms with Crippen molar-refractivity contribution in [2.45, 2.75) is 20.0 Å². The number of nitrogen functional groups attached to an aromatic ring is 1. The number of carbonyl (C=O) groups is 1. The second-order valence-electron chi connectivity index (χ2n) is 5.15. The van der Waals surface area contributed by atoms with Crippen LogP contribution < -0.4 is 10.5 Å². The molecule has 108 valence electrons. The molecular weight excluding hydrogens is 264 g/mol. The van der Waals surface area contributed by atoms with Crippen LogP contribution in [0.3, 0.4) is 0 Å². The van der Waals surface area contributed by atoms with E-state index in [-0.39, 0.29) is 5.91 Å². The predicted octanol–water partition coefficient (Wildman–Crippen LogP) is 2.82. The highest BCUT2D eigenvalue weighted by molar-refractivity contribution is 5.95. The van der Waals surface area contributed by atoms with Crippen molar-refractivity contribution in [3.63, 3.8) is 0 Å². The standard InChI is InChI=1S/C17H18N2O2/c1-2-21-16-8-14(7-15(18)9-16)17(20)19-10-12-5-3-4-6-13(12)11-19/h3-9H,2,10-11,18H2,1H3. The Morgan fingerprint density at radius 3 is 2.48 bits per heavy atom. The molecule has 21 heavy (non-hydrogen) atoms. The number of hydrogen-bond acceptors (Lipinski definition) is 3. The van der Waals surface area contributed by atoms with E-state index < -0.39 is 0 Å². The van der Waals surface area contributed by atoms with Gasteiger partial charge in [-0.2, -0.15) is 0 Å². The zero-order chi connectivity index (χ0) is 14.8. The summed E-state index contributed by atoms with van der Waals surface area (Å²) in [7, 11) is 0. The summed E-state index contributed by atoms with van der Waals surface area (Å²) in [6.45, 7) is 3.75. The van der Waals surface area contributed by atoms with Crippen molar-refractivity contribution in [3.05, 3.63) is 59.2 Å². The Hall–Kier alpha value is -2.49. The molecule has 2 aromatic carbocycles. The lowest BCUT2D eigenvalue weighted by molar-refractivity contribution is 0.0751. The summed E-state index contributed by atoms with van der Waals surface area (Å²) in [5, 5.41) is 0. The van der Waals surface area contributed by atoms with Crippen LogP contribution in [0.4, 0.5) is 5.69 Å². The van der Waals surface area contributed by atoms with Crippen molar-refractivity contribution in [3.8, 4) is 5.75 Å². The quantitative estimate of drug-likeness (QED) is 0.881. The number of benzene rings is 2. The Kier molecular flexibility index (Phi) is 3.52. The van der Waals surface area contributed by atoms with Gasteiger partial charge in [-0.1, -0.05) is 24.3 Å². The first kappa shape index (κ1) is 13.5. The Morgan fingerprint density at radius 2 is 1.86 bits per heavy atom. The van der Waals surface area contributed by atoms with Crippen LogP contribution in [0.15, 0.2) is 42.5 Å². The van der Waals surface area contributed by atoms with Crippen LogP contribution in [-0.4, -0.2) is 17.4 Å². The molecule has 4 nitrogen and oxygen atoms in total. The van der Waals surface area contributed by atoms with Gasteiger partial charge >= 0.3 is 0 Å². The number of nitrogens with two attached hydrogens (primary N) is 1. The van der Waals surface area contributed by atoms with E-state index in [1.807, 2.05) is 24.0 Å². The molecule has 1 heterocycles. The molecule has 3 rings (SSSR count). The van der Waals surface area contributed by atoms with E-state index in [4.69, 9.17) is 10.5 Å². The van der Waals surface area contributed by atoms with E-state index in [9.17, 15) is 4.79 Å². The molecule has 0 aromatic heterocycles. The first-order valence-corrected chi connectivity index (χ1v) is 7.07. The molecule has 0 unspecified atom stereocenters. The summed E-state index contributed by atoms with van der Waals surface area (Å²) in [5.41, 5.74) is 9.39. The number of hydrogen-bond donors (Lipinski definition) is 1. The maximum atomic E-state index is 12.6. The van der Waals surface area contributed by atoms with Crippen LogP contribution in [0.25, 0.3) is 0 Å². The lowest BCUT2D eigenvalue weighted by Crippen LogP contribution is -2.25.